The number of fused-ring (bicyclic) bond motifs is 1. The number of aliphatic imine (C=N–C) groups is 1. The van der Waals surface area contributed by atoms with Gasteiger partial charge in [-0.3, -0.25) is 4.99 Å². The molecule has 0 spiro atoms. The van der Waals surface area contributed by atoms with Gasteiger partial charge in [0.1, 0.15) is 5.84 Å². The Labute approximate surface area is 144 Å². The minimum absolute atomic E-state index is 0.727. The Balaban J connectivity index is 1.86. The quantitative estimate of drug-likeness (QED) is 0.726. The number of aromatic amines is 1. The van der Waals surface area contributed by atoms with Crippen LogP contribution in [0.1, 0.15) is 16.8 Å². The summed E-state index contributed by atoms with van der Waals surface area (Å²) in [7, 11) is 0. The third-order valence-electron chi connectivity index (χ3n) is 4.02. The van der Waals surface area contributed by atoms with Crippen LogP contribution in [0.25, 0.3) is 10.9 Å². The Bertz CT molecular complexity index is 912. The monoisotopic (exact) mass is 343 g/mol. The summed E-state index contributed by atoms with van der Waals surface area (Å²) in [5.74, 6) is 0.940. The van der Waals surface area contributed by atoms with Crippen LogP contribution in [0.2, 0.25) is 10.0 Å². The van der Waals surface area contributed by atoms with E-state index in [1.165, 1.54) is 0 Å². The number of amidine groups is 1. The van der Waals surface area contributed by atoms with Gasteiger partial charge in [0.2, 0.25) is 0 Å². The molecule has 0 atom stereocenters. The lowest BCUT2D eigenvalue weighted by Gasteiger charge is -2.06. The van der Waals surface area contributed by atoms with Crippen LogP contribution in [-0.4, -0.2) is 23.9 Å². The molecule has 0 amide bonds. The van der Waals surface area contributed by atoms with Crippen LogP contribution in [-0.2, 0) is 6.42 Å². The molecule has 0 saturated carbocycles. The molecule has 0 unspecified atom stereocenters. The number of halogens is 2. The molecule has 116 valence electrons. The van der Waals surface area contributed by atoms with Gasteiger partial charge in [0.15, 0.2) is 0 Å². The molecule has 23 heavy (non-hydrogen) atoms. The second-order valence-corrected chi connectivity index (χ2v) is 6.51. The molecular formula is C18H15Cl2N3. The molecular weight excluding hydrogens is 329 g/mol. The van der Waals surface area contributed by atoms with Gasteiger partial charge >= 0.3 is 0 Å². The number of benzene rings is 2. The summed E-state index contributed by atoms with van der Waals surface area (Å²) in [6.45, 7) is 1.68. The van der Waals surface area contributed by atoms with Gasteiger partial charge in [-0.15, -0.1) is 0 Å². The fourth-order valence-electron chi connectivity index (χ4n) is 3.04. The standard InChI is InChI=1S/C18H15Cl2N3/c19-12-3-1-2-11(8-12)9-16-17(18-21-6-7-22-18)14-10-13(20)4-5-15(14)23-16/h1-5,8,10,23H,6-7,9H2,(H,21,22). The fourth-order valence-corrected chi connectivity index (χ4v) is 3.42. The highest BCUT2D eigenvalue weighted by atomic mass is 35.5. The predicted octanol–water partition coefficient (Wildman–Crippen LogP) is 4.42. The van der Waals surface area contributed by atoms with E-state index in [0.29, 0.717) is 0 Å². The summed E-state index contributed by atoms with van der Waals surface area (Å²) in [5, 5.41) is 5.95. The summed E-state index contributed by atoms with van der Waals surface area (Å²) in [4.78, 5) is 8.11. The topological polar surface area (TPSA) is 40.2 Å². The van der Waals surface area contributed by atoms with Crippen LogP contribution in [0, 0.1) is 0 Å². The highest BCUT2D eigenvalue weighted by Crippen LogP contribution is 2.28. The van der Waals surface area contributed by atoms with Crippen molar-refractivity contribution in [3.63, 3.8) is 0 Å². The lowest BCUT2D eigenvalue weighted by atomic mass is 10.0. The predicted molar refractivity (Wildman–Crippen MR) is 97.0 cm³/mol. The van der Waals surface area contributed by atoms with E-state index in [-0.39, 0.29) is 0 Å². The number of nitrogens with zero attached hydrogens (tertiary/aromatic N) is 1. The molecule has 0 radical (unpaired) electrons. The lowest BCUT2D eigenvalue weighted by molar-refractivity contribution is 0.959. The molecule has 0 saturated heterocycles. The molecule has 2 aromatic carbocycles. The first kappa shape index (κ1) is 14.6. The number of H-pyrrole nitrogens is 1. The molecule has 2 heterocycles. The van der Waals surface area contributed by atoms with E-state index in [1.54, 1.807) is 0 Å². The lowest BCUT2D eigenvalue weighted by Crippen LogP contribution is -2.20. The molecule has 3 aromatic rings. The van der Waals surface area contributed by atoms with Crippen LogP contribution in [0.15, 0.2) is 47.5 Å². The first-order valence-electron chi connectivity index (χ1n) is 7.54. The molecule has 1 aromatic heterocycles. The molecule has 3 nitrogen and oxygen atoms in total. The summed E-state index contributed by atoms with van der Waals surface area (Å²) in [6.07, 6.45) is 0.767. The first-order chi connectivity index (χ1) is 11.2. The van der Waals surface area contributed by atoms with E-state index in [1.807, 2.05) is 36.4 Å². The Morgan fingerprint density at radius 2 is 1.91 bits per heavy atom. The van der Waals surface area contributed by atoms with Crippen molar-refractivity contribution in [1.29, 1.82) is 0 Å². The van der Waals surface area contributed by atoms with Crippen molar-refractivity contribution in [3.05, 3.63) is 69.3 Å². The molecule has 0 fully saturated rings. The van der Waals surface area contributed by atoms with Crippen molar-refractivity contribution in [2.45, 2.75) is 6.42 Å². The summed E-state index contributed by atoms with van der Waals surface area (Å²) < 4.78 is 0. The minimum Gasteiger partial charge on any atom is -0.368 e. The maximum absolute atomic E-state index is 6.20. The second-order valence-electron chi connectivity index (χ2n) is 5.63. The van der Waals surface area contributed by atoms with Gasteiger partial charge in [-0.25, -0.2) is 0 Å². The van der Waals surface area contributed by atoms with Crippen molar-refractivity contribution in [2.24, 2.45) is 4.99 Å². The Morgan fingerprint density at radius 3 is 2.70 bits per heavy atom. The second kappa shape index (κ2) is 5.91. The molecule has 1 aliphatic rings. The van der Waals surface area contributed by atoms with Crippen molar-refractivity contribution in [3.8, 4) is 0 Å². The van der Waals surface area contributed by atoms with Gasteiger partial charge in [0.25, 0.3) is 0 Å². The largest absolute Gasteiger partial charge is 0.368 e. The molecule has 5 heteroatoms. The van der Waals surface area contributed by atoms with Gasteiger partial charge in [-0.2, -0.15) is 0 Å². The van der Waals surface area contributed by atoms with Crippen LogP contribution in [0.4, 0.5) is 0 Å². The zero-order valence-electron chi connectivity index (χ0n) is 12.4. The van der Waals surface area contributed by atoms with Crippen molar-refractivity contribution >= 4 is 39.9 Å². The molecule has 1 aliphatic heterocycles. The van der Waals surface area contributed by atoms with Gasteiger partial charge in [-0.1, -0.05) is 35.3 Å². The van der Waals surface area contributed by atoms with Crippen LogP contribution < -0.4 is 5.32 Å². The number of aromatic nitrogens is 1. The van der Waals surface area contributed by atoms with Crippen LogP contribution in [0.5, 0.6) is 0 Å². The maximum atomic E-state index is 6.20. The third kappa shape index (κ3) is 2.82. The summed E-state index contributed by atoms with van der Waals surface area (Å²) in [6, 6.07) is 13.8. The third-order valence-corrected chi connectivity index (χ3v) is 4.49. The van der Waals surface area contributed by atoms with Gasteiger partial charge in [-0.05, 0) is 35.9 Å². The van der Waals surface area contributed by atoms with Gasteiger partial charge in [0.05, 0.1) is 6.54 Å². The molecule has 0 aliphatic carbocycles. The number of hydrogen-bond acceptors (Lipinski definition) is 2. The van der Waals surface area contributed by atoms with E-state index in [4.69, 9.17) is 23.2 Å². The number of rotatable bonds is 3. The summed E-state index contributed by atoms with van der Waals surface area (Å²) in [5.41, 5.74) is 4.46. The van der Waals surface area contributed by atoms with Gasteiger partial charge < -0.3 is 10.3 Å². The molecule has 2 N–H and O–H groups in total. The van der Waals surface area contributed by atoms with E-state index in [2.05, 4.69) is 21.4 Å². The minimum atomic E-state index is 0.727. The summed E-state index contributed by atoms with van der Waals surface area (Å²) >= 11 is 12.3. The SMILES string of the molecule is Clc1cccc(Cc2[nH]c3ccc(Cl)cc3c2C2=NCCN2)c1. The average Bonchev–Trinajstić information content (AvgIpc) is 3.14. The smallest absolute Gasteiger partial charge is 0.130 e. The maximum Gasteiger partial charge on any atom is 0.130 e. The highest BCUT2D eigenvalue weighted by Gasteiger charge is 2.19. The fraction of sp³-hybridized carbons (Fsp3) is 0.167. The van der Waals surface area contributed by atoms with Crippen molar-refractivity contribution < 1.29 is 0 Å². The zero-order valence-corrected chi connectivity index (χ0v) is 13.9. The van der Waals surface area contributed by atoms with Crippen LogP contribution >= 0.6 is 23.2 Å². The molecule has 4 rings (SSSR count). The van der Waals surface area contributed by atoms with E-state index in [0.717, 1.165) is 63.1 Å². The Morgan fingerprint density at radius 1 is 1.04 bits per heavy atom. The normalized spacial score (nSPS) is 14.1. The van der Waals surface area contributed by atoms with Crippen LogP contribution in [0.3, 0.4) is 0 Å². The van der Waals surface area contributed by atoms with Crippen molar-refractivity contribution in [1.82, 2.24) is 10.3 Å². The number of nitrogens with one attached hydrogen (secondary N) is 2. The first-order valence-corrected chi connectivity index (χ1v) is 8.29. The van der Waals surface area contributed by atoms with Gasteiger partial charge in [0, 0.05) is 45.2 Å². The average molecular weight is 344 g/mol. The van der Waals surface area contributed by atoms with E-state index in [9.17, 15) is 0 Å². The highest BCUT2D eigenvalue weighted by molar-refractivity contribution is 6.31. The number of hydrogen-bond donors (Lipinski definition) is 2. The Kier molecular flexibility index (Phi) is 3.76. The van der Waals surface area contributed by atoms with E-state index < -0.39 is 0 Å². The van der Waals surface area contributed by atoms with Crippen molar-refractivity contribution in [2.75, 3.05) is 13.1 Å². The Hall–Kier alpha value is -1.97. The molecule has 0 bridgehead atoms. The van der Waals surface area contributed by atoms with E-state index >= 15 is 0 Å². The zero-order chi connectivity index (χ0) is 15.8.